The van der Waals surface area contributed by atoms with E-state index in [4.69, 9.17) is 0 Å². The van der Waals surface area contributed by atoms with Crippen LogP contribution in [0.2, 0.25) is 0 Å². The summed E-state index contributed by atoms with van der Waals surface area (Å²) >= 11 is 0. The number of likely N-dealkylation sites (tertiary alicyclic amines) is 1. The molecule has 1 fully saturated rings. The van der Waals surface area contributed by atoms with Gasteiger partial charge in [-0.2, -0.15) is 0 Å². The van der Waals surface area contributed by atoms with Gasteiger partial charge in [-0.3, -0.25) is 14.4 Å². The van der Waals surface area contributed by atoms with Gasteiger partial charge in [-0.15, -0.1) is 0 Å². The molecule has 0 aliphatic carbocycles. The Morgan fingerprint density at radius 1 is 0.964 bits per heavy atom. The largest absolute Gasteiger partial charge is 0.469 e. The van der Waals surface area contributed by atoms with Crippen molar-refractivity contribution in [3.63, 3.8) is 0 Å². The summed E-state index contributed by atoms with van der Waals surface area (Å²) in [6.07, 6.45) is 1.77. The molecular weight excluding hydrogens is 354 g/mol. The van der Waals surface area contributed by atoms with Gasteiger partial charge in [0, 0.05) is 31.0 Å². The number of methoxy groups -OCH3 is 1. The Balaban J connectivity index is 1.62. The number of ether oxygens (including phenoxy) is 1. The van der Waals surface area contributed by atoms with Gasteiger partial charge in [0.1, 0.15) is 0 Å². The fourth-order valence-corrected chi connectivity index (χ4v) is 3.58. The van der Waals surface area contributed by atoms with Crippen molar-refractivity contribution < 1.29 is 19.1 Å². The number of carbonyl (C=O) groups excluding carboxylic acids is 3. The van der Waals surface area contributed by atoms with Crippen molar-refractivity contribution in [2.75, 3.05) is 20.2 Å². The number of esters is 1. The summed E-state index contributed by atoms with van der Waals surface area (Å²) < 4.78 is 4.58. The summed E-state index contributed by atoms with van der Waals surface area (Å²) in [7, 11) is 1.31. The zero-order valence-electron chi connectivity index (χ0n) is 16.1. The first-order chi connectivity index (χ1) is 13.6. The SMILES string of the molecule is COC(=O)CCC(=O)N1CCC[C@H](C(=O)c2ccc(-c3ccccc3)cc2)C1. The monoisotopic (exact) mass is 379 g/mol. The molecule has 1 aliphatic rings. The number of rotatable bonds is 6. The van der Waals surface area contributed by atoms with E-state index in [-0.39, 0.29) is 30.4 Å². The number of benzene rings is 2. The Bertz CT molecular complexity index is 829. The van der Waals surface area contributed by atoms with Crippen molar-refractivity contribution in [1.82, 2.24) is 4.90 Å². The third-order valence-corrected chi connectivity index (χ3v) is 5.19. The maximum absolute atomic E-state index is 12.9. The van der Waals surface area contributed by atoms with E-state index in [0.717, 1.165) is 24.0 Å². The summed E-state index contributed by atoms with van der Waals surface area (Å²) in [5.74, 6) is -0.609. The Morgan fingerprint density at radius 3 is 2.32 bits per heavy atom. The number of Topliss-reactive ketones (excluding diaryl/α,β-unsaturated/α-hetero) is 1. The summed E-state index contributed by atoms with van der Waals surface area (Å²) in [6, 6.07) is 17.7. The average molecular weight is 379 g/mol. The normalized spacial score (nSPS) is 16.5. The van der Waals surface area contributed by atoms with E-state index in [9.17, 15) is 14.4 Å². The predicted octanol–water partition coefficient (Wildman–Crippen LogP) is 3.73. The highest BCUT2D eigenvalue weighted by molar-refractivity contribution is 5.98. The van der Waals surface area contributed by atoms with Crippen molar-refractivity contribution in [3.8, 4) is 11.1 Å². The molecule has 0 bridgehead atoms. The molecule has 0 aromatic heterocycles. The van der Waals surface area contributed by atoms with Crippen LogP contribution >= 0.6 is 0 Å². The van der Waals surface area contributed by atoms with Crippen molar-refractivity contribution in [3.05, 3.63) is 60.2 Å². The molecule has 0 unspecified atom stereocenters. The second-order valence-electron chi connectivity index (χ2n) is 7.06. The second kappa shape index (κ2) is 9.31. The number of hydrogen-bond donors (Lipinski definition) is 0. The Hall–Kier alpha value is -2.95. The first-order valence-corrected chi connectivity index (χ1v) is 9.63. The summed E-state index contributed by atoms with van der Waals surface area (Å²) in [4.78, 5) is 38.2. The topological polar surface area (TPSA) is 63.7 Å². The molecule has 0 N–H and O–H groups in total. The molecule has 1 amide bonds. The van der Waals surface area contributed by atoms with Crippen LogP contribution in [-0.2, 0) is 14.3 Å². The van der Waals surface area contributed by atoms with Crippen molar-refractivity contribution in [1.29, 1.82) is 0 Å². The molecule has 28 heavy (non-hydrogen) atoms. The van der Waals surface area contributed by atoms with E-state index in [1.165, 1.54) is 7.11 Å². The zero-order chi connectivity index (χ0) is 19.9. The Kier molecular flexibility index (Phi) is 6.58. The van der Waals surface area contributed by atoms with Crippen LogP contribution in [0, 0.1) is 5.92 Å². The van der Waals surface area contributed by atoms with Crippen molar-refractivity contribution >= 4 is 17.7 Å². The van der Waals surface area contributed by atoms with Gasteiger partial charge in [-0.05, 0) is 24.0 Å². The number of ketones is 1. The maximum Gasteiger partial charge on any atom is 0.306 e. The van der Waals surface area contributed by atoms with Gasteiger partial charge in [0.2, 0.25) is 5.91 Å². The van der Waals surface area contributed by atoms with Crippen LogP contribution in [-0.4, -0.2) is 42.8 Å². The first kappa shape index (κ1) is 19.8. The van der Waals surface area contributed by atoms with E-state index in [2.05, 4.69) is 4.74 Å². The quantitative estimate of drug-likeness (QED) is 0.567. The van der Waals surface area contributed by atoms with Crippen LogP contribution < -0.4 is 0 Å². The van der Waals surface area contributed by atoms with Crippen LogP contribution in [0.25, 0.3) is 11.1 Å². The Morgan fingerprint density at radius 2 is 1.64 bits per heavy atom. The van der Waals surface area contributed by atoms with Gasteiger partial charge >= 0.3 is 5.97 Å². The highest BCUT2D eigenvalue weighted by atomic mass is 16.5. The molecule has 2 aromatic carbocycles. The third kappa shape index (κ3) is 4.85. The molecule has 2 aromatic rings. The standard InChI is InChI=1S/C23H25NO4/c1-28-22(26)14-13-21(25)24-15-5-8-20(16-24)23(27)19-11-9-18(10-12-19)17-6-3-2-4-7-17/h2-4,6-7,9-12,20H,5,8,13-16H2,1H3/t20-/m0/s1. The van der Waals surface area contributed by atoms with E-state index in [1.807, 2.05) is 54.6 Å². The lowest BCUT2D eigenvalue weighted by atomic mass is 9.89. The second-order valence-corrected chi connectivity index (χ2v) is 7.06. The molecule has 1 aliphatic heterocycles. The van der Waals surface area contributed by atoms with Gasteiger partial charge in [-0.1, -0.05) is 54.6 Å². The van der Waals surface area contributed by atoms with Crippen molar-refractivity contribution in [2.45, 2.75) is 25.7 Å². The van der Waals surface area contributed by atoms with Gasteiger partial charge < -0.3 is 9.64 Å². The zero-order valence-corrected chi connectivity index (χ0v) is 16.1. The van der Waals surface area contributed by atoms with E-state index >= 15 is 0 Å². The number of hydrogen-bond acceptors (Lipinski definition) is 4. The molecule has 1 heterocycles. The van der Waals surface area contributed by atoms with Gasteiger partial charge in [0.25, 0.3) is 0 Å². The fraction of sp³-hybridized carbons (Fsp3) is 0.348. The van der Waals surface area contributed by atoms with Crippen LogP contribution in [0.4, 0.5) is 0 Å². The molecule has 5 nitrogen and oxygen atoms in total. The average Bonchev–Trinajstić information content (AvgIpc) is 2.77. The van der Waals surface area contributed by atoms with Crippen molar-refractivity contribution in [2.24, 2.45) is 5.92 Å². The lowest BCUT2D eigenvalue weighted by molar-refractivity contribution is -0.144. The predicted molar refractivity (Wildman–Crippen MR) is 107 cm³/mol. The van der Waals surface area contributed by atoms with Gasteiger partial charge in [-0.25, -0.2) is 0 Å². The molecule has 1 saturated heterocycles. The number of amides is 1. The molecular formula is C23H25NO4. The minimum atomic E-state index is -0.392. The first-order valence-electron chi connectivity index (χ1n) is 9.63. The fourth-order valence-electron chi connectivity index (χ4n) is 3.58. The van der Waals surface area contributed by atoms with Gasteiger partial charge in [0.05, 0.1) is 13.5 Å². The summed E-state index contributed by atoms with van der Waals surface area (Å²) in [5.41, 5.74) is 2.86. The van der Waals surface area contributed by atoms with Crippen LogP contribution in [0.5, 0.6) is 0 Å². The Labute approximate surface area is 165 Å². The van der Waals surface area contributed by atoms with Crippen LogP contribution in [0.15, 0.2) is 54.6 Å². The van der Waals surface area contributed by atoms with Crippen LogP contribution in [0.1, 0.15) is 36.0 Å². The number of piperidine rings is 1. The molecule has 0 spiro atoms. The smallest absolute Gasteiger partial charge is 0.306 e. The van der Waals surface area contributed by atoms with E-state index in [0.29, 0.717) is 18.7 Å². The van der Waals surface area contributed by atoms with E-state index in [1.54, 1.807) is 4.90 Å². The lowest BCUT2D eigenvalue weighted by Gasteiger charge is -2.32. The minimum absolute atomic E-state index is 0.0741. The van der Waals surface area contributed by atoms with E-state index < -0.39 is 5.97 Å². The minimum Gasteiger partial charge on any atom is -0.469 e. The highest BCUT2D eigenvalue weighted by Gasteiger charge is 2.29. The van der Waals surface area contributed by atoms with Gasteiger partial charge in [0.15, 0.2) is 5.78 Å². The molecule has 5 heteroatoms. The molecule has 0 saturated carbocycles. The maximum atomic E-state index is 12.9. The molecule has 3 rings (SSSR count). The summed E-state index contributed by atoms with van der Waals surface area (Å²) in [5, 5.41) is 0. The summed E-state index contributed by atoms with van der Waals surface area (Å²) in [6.45, 7) is 1.05. The number of carbonyl (C=O) groups is 3. The third-order valence-electron chi connectivity index (χ3n) is 5.19. The van der Waals surface area contributed by atoms with Crippen LogP contribution in [0.3, 0.4) is 0 Å². The molecule has 1 atom stereocenters. The molecule has 0 radical (unpaired) electrons. The molecule has 146 valence electrons. The highest BCUT2D eigenvalue weighted by Crippen LogP contribution is 2.24. The lowest BCUT2D eigenvalue weighted by Crippen LogP contribution is -2.42. The number of nitrogens with zero attached hydrogens (tertiary/aromatic N) is 1.